The number of nitrogens with one attached hydrogen (secondary N) is 1. The lowest BCUT2D eigenvalue weighted by atomic mass is 10.2. The minimum Gasteiger partial charge on any atom is -0.334 e. The number of urea groups is 1. The summed E-state index contributed by atoms with van der Waals surface area (Å²) in [5.74, 6) is -0.379. The van der Waals surface area contributed by atoms with Crippen LogP contribution < -0.4 is 5.32 Å². The standard InChI is InChI=1S/C18H19ClFN3O3S/c19-15-5-3-6-16(12-15)27(25,26)23-10-8-22(9-11-23)18(24)21-13-14-4-1-2-7-17(14)20/h1-7,12H,8-11,13H2,(H,21,24). The van der Waals surface area contributed by atoms with E-state index in [9.17, 15) is 17.6 Å². The number of amides is 2. The maximum atomic E-state index is 13.6. The first-order chi connectivity index (χ1) is 12.9. The molecule has 2 aromatic rings. The number of carbonyl (C=O) groups is 1. The van der Waals surface area contributed by atoms with Crippen molar-refractivity contribution in [3.63, 3.8) is 0 Å². The van der Waals surface area contributed by atoms with Crippen molar-refractivity contribution < 1.29 is 17.6 Å². The molecule has 3 rings (SSSR count). The second-order valence-electron chi connectivity index (χ2n) is 6.10. The summed E-state index contributed by atoms with van der Waals surface area (Å²) in [6, 6.07) is 12.0. The van der Waals surface area contributed by atoms with Crippen LogP contribution in [0.4, 0.5) is 9.18 Å². The predicted octanol–water partition coefficient (Wildman–Crippen LogP) is 2.70. The Labute approximate surface area is 162 Å². The molecule has 0 atom stereocenters. The molecule has 0 bridgehead atoms. The van der Waals surface area contributed by atoms with Crippen molar-refractivity contribution in [2.45, 2.75) is 11.4 Å². The van der Waals surface area contributed by atoms with Crippen LogP contribution >= 0.6 is 11.6 Å². The van der Waals surface area contributed by atoms with Crippen LogP contribution in [0.15, 0.2) is 53.4 Å². The van der Waals surface area contributed by atoms with E-state index in [-0.39, 0.29) is 49.5 Å². The summed E-state index contributed by atoms with van der Waals surface area (Å²) in [5.41, 5.74) is 0.396. The molecule has 0 aromatic heterocycles. The van der Waals surface area contributed by atoms with Gasteiger partial charge in [0.05, 0.1) is 4.90 Å². The fourth-order valence-corrected chi connectivity index (χ4v) is 4.56. The number of hydrogen-bond acceptors (Lipinski definition) is 3. The van der Waals surface area contributed by atoms with Crippen molar-refractivity contribution in [1.82, 2.24) is 14.5 Å². The molecule has 0 radical (unpaired) electrons. The van der Waals surface area contributed by atoms with Crippen LogP contribution in [0.25, 0.3) is 0 Å². The highest BCUT2D eigenvalue weighted by molar-refractivity contribution is 7.89. The van der Waals surface area contributed by atoms with E-state index in [2.05, 4.69) is 5.32 Å². The molecule has 1 aliphatic rings. The Hall–Kier alpha value is -2.16. The average Bonchev–Trinajstić information content (AvgIpc) is 2.67. The highest BCUT2D eigenvalue weighted by Crippen LogP contribution is 2.21. The van der Waals surface area contributed by atoms with Gasteiger partial charge in [-0.3, -0.25) is 0 Å². The minimum atomic E-state index is -3.65. The quantitative estimate of drug-likeness (QED) is 0.840. The summed E-state index contributed by atoms with van der Waals surface area (Å²) in [7, 11) is -3.65. The largest absolute Gasteiger partial charge is 0.334 e. The van der Waals surface area contributed by atoms with Gasteiger partial charge in [-0.2, -0.15) is 4.31 Å². The molecule has 1 fully saturated rings. The third-order valence-corrected chi connectivity index (χ3v) is 6.48. The second kappa shape index (κ2) is 8.24. The van der Waals surface area contributed by atoms with Crippen molar-refractivity contribution in [2.24, 2.45) is 0 Å². The lowest BCUT2D eigenvalue weighted by Crippen LogP contribution is -2.53. The van der Waals surface area contributed by atoms with E-state index in [0.29, 0.717) is 10.6 Å². The molecule has 0 unspecified atom stereocenters. The number of halogens is 2. The molecule has 9 heteroatoms. The lowest BCUT2D eigenvalue weighted by molar-refractivity contribution is 0.172. The van der Waals surface area contributed by atoms with E-state index >= 15 is 0 Å². The molecule has 2 amide bonds. The zero-order chi connectivity index (χ0) is 19.4. The number of hydrogen-bond donors (Lipinski definition) is 1. The van der Waals surface area contributed by atoms with E-state index in [1.807, 2.05) is 0 Å². The normalized spacial score (nSPS) is 15.6. The first-order valence-corrected chi connectivity index (χ1v) is 10.2. The van der Waals surface area contributed by atoms with Crippen LogP contribution in [0.1, 0.15) is 5.56 Å². The van der Waals surface area contributed by atoms with Gasteiger partial charge in [0.25, 0.3) is 0 Å². The molecular formula is C18H19ClFN3O3S. The van der Waals surface area contributed by atoms with Gasteiger partial charge in [-0.05, 0) is 24.3 Å². The molecule has 27 heavy (non-hydrogen) atoms. The van der Waals surface area contributed by atoms with Gasteiger partial charge in [-0.25, -0.2) is 17.6 Å². The van der Waals surface area contributed by atoms with Gasteiger partial charge in [0.15, 0.2) is 0 Å². The van der Waals surface area contributed by atoms with Gasteiger partial charge < -0.3 is 10.2 Å². The predicted molar refractivity (Wildman–Crippen MR) is 100 cm³/mol. The zero-order valence-electron chi connectivity index (χ0n) is 14.4. The van der Waals surface area contributed by atoms with Gasteiger partial charge in [-0.1, -0.05) is 35.9 Å². The van der Waals surface area contributed by atoms with Crippen molar-refractivity contribution in [3.05, 3.63) is 64.9 Å². The fourth-order valence-electron chi connectivity index (χ4n) is 2.83. The van der Waals surface area contributed by atoms with Crippen LogP contribution in [0.2, 0.25) is 5.02 Å². The molecule has 1 heterocycles. The summed E-state index contributed by atoms with van der Waals surface area (Å²) in [5, 5.41) is 3.01. The number of sulfonamides is 1. The smallest absolute Gasteiger partial charge is 0.317 e. The highest BCUT2D eigenvalue weighted by Gasteiger charge is 2.30. The van der Waals surface area contributed by atoms with E-state index in [1.165, 1.54) is 27.4 Å². The van der Waals surface area contributed by atoms with Gasteiger partial charge >= 0.3 is 6.03 Å². The molecule has 6 nitrogen and oxygen atoms in total. The van der Waals surface area contributed by atoms with Gasteiger partial charge in [0, 0.05) is 43.3 Å². The summed E-state index contributed by atoms with van der Waals surface area (Å²) in [6.45, 7) is 0.947. The van der Waals surface area contributed by atoms with Crippen molar-refractivity contribution in [3.8, 4) is 0 Å². The highest BCUT2D eigenvalue weighted by atomic mass is 35.5. The van der Waals surface area contributed by atoms with Gasteiger partial charge in [0.2, 0.25) is 10.0 Å². The summed E-state index contributed by atoms with van der Waals surface area (Å²) < 4.78 is 40.3. The first kappa shape index (κ1) is 19.6. The zero-order valence-corrected chi connectivity index (χ0v) is 16.0. The van der Waals surface area contributed by atoms with Crippen LogP contribution in [-0.4, -0.2) is 49.8 Å². The molecule has 0 saturated carbocycles. The SMILES string of the molecule is O=C(NCc1ccccc1F)N1CCN(S(=O)(=O)c2cccc(Cl)c2)CC1. The number of carbonyl (C=O) groups excluding carboxylic acids is 1. The molecule has 1 aliphatic heterocycles. The Bertz CT molecular complexity index is 931. The van der Waals surface area contributed by atoms with Crippen LogP contribution in [0.5, 0.6) is 0 Å². The number of rotatable bonds is 4. The average molecular weight is 412 g/mol. The van der Waals surface area contributed by atoms with Crippen LogP contribution in [-0.2, 0) is 16.6 Å². The maximum absolute atomic E-state index is 13.6. The van der Waals surface area contributed by atoms with Gasteiger partial charge in [0.1, 0.15) is 5.82 Å². The Morgan fingerprint density at radius 3 is 2.44 bits per heavy atom. The maximum Gasteiger partial charge on any atom is 0.317 e. The summed E-state index contributed by atoms with van der Waals surface area (Å²) in [4.78, 5) is 13.9. The number of nitrogens with zero attached hydrogens (tertiary/aromatic N) is 2. The fraction of sp³-hybridized carbons (Fsp3) is 0.278. The van der Waals surface area contributed by atoms with Crippen LogP contribution in [0.3, 0.4) is 0 Å². The number of piperazine rings is 1. The van der Waals surface area contributed by atoms with Crippen molar-refractivity contribution in [2.75, 3.05) is 26.2 Å². The molecule has 144 valence electrons. The lowest BCUT2D eigenvalue weighted by Gasteiger charge is -2.34. The minimum absolute atomic E-state index is 0.0759. The number of benzene rings is 2. The molecule has 1 saturated heterocycles. The van der Waals surface area contributed by atoms with Crippen LogP contribution in [0, 0.1) is 5.82 Å². The Morgan fingerprint density at radius 2 is 1.78 bits per heavy atom. The van der Waals surface area contributed by atoms with E-state index in [4.69, 9.17) is 11.6 Å². The monoisotopic (exact) mass is 411 g/mol. The topological polar surface area (TPSA) is 69.7 Å². The first-order valence-electron chi connectivity index (χ1n) is 8.40. The van der Waals surface area contributed by atoms with Crippen molar-refractivity contribution >= 4 is 27.7 Å². The molecule has 0 aliphatic carbocycles. The summed E-state index contributed by atoms with van der Waals surface area (Å²) in [6.07, 6.45) is 0. The molecule has 1 N–H and O–H groups in total. The molecule has 2 aromatic carbocycles. The molecule has 0 spiro atoms. The van der Waals surface area contributed by atoms with Crippen molar-refractivity contribution in [1.29, 1.82) is 0 Å². The van der Waals surface area contributed by atoms with E-state index < -0.39 is 10.0 Å². The summed E-state index contributed by atoms with van der Waals surface area (Å²) >= 11 is 5.88. The third kappa shape index (κ3) is 4.58. The van der Waals surface area contributed by atoms with Gasteiger partial charge in [-0.15, -0.1) is 0 Å². The Morgan fingerprint density at radius 1 is 1.07 bits per heavy atom. The Kier molecular flexibility index (Phi) is 5.98. The Balaban J connectivity index is 1.57. The third-order valence-electron chi connectivity index (χ3n) is 4.35. The second-order valence-corrected chi connectivity index (χ2v) is 8.47. The van der Waals surface area contributed by atoms with E-state index in [0.717, 1.165) is 0 Å². The molecular weight excluding hydrogens is 393 g/mol. The van der Waals surface area contributed by atoms with E-state index in [1.54, 1.807) is 30.3 Å².